The number of carbonyl (C=O) groups excluding carboxylic acids is 1. The minimum atomic E-state index is -0.740. The third-order valence-corrected chi connectivity index (χ3v) is 5.30. The molecule has 3 aromatic rings. The molecule has 2 atom stereocenters. The summed E-state index contributed by atoms with van der Waals surface area (Å²) in [6.07, 6.45) is 1.23. The average Bonchev–Trinajstić information content (AvgIpc) is 2.69. The number of β-amino-alcohol motifs (C(OH)–C–C–N with tert-alkyl or cyclic N) is 1. The summed E-state index contributed by atoms with van der Waals surface area (Å²) in [6.45, 7) is 4.77. The Morgan fingerprint density at radius 3 is 2.82 bits per heavy atom. The number of aromatic nitrogens is 1. The number of piperidine rings is 1. The Hall–Kier alpha value is -2.92. The van der Waals surface area contributed by atoms with Crippen molar-refractivity contribution >= 4 is 16.8 Å². The van der Waals surface area contributed by atoms with E-state index in [9.17, 15) is 9.90 Å². The van der Waals surface area contributed by atoms with E-state index in [0.717, 1.165) is 22.0 Å². The van der Waals surface area contributed by atoms with Gasteiger partial charge in [-0.25, -0.2) is 0 Å². The van der Waals surface area contributed by atoms with Crippen LogP contribution in [0.25, 0.3) is 10.9 Å². The molecule has 144 valence electrons. The number of pyridine rings is 1. The first kappa shape index (κ1) is 18.4. The number of rotatable bonds is 3. The van der Waals surface area contributed by atoms with Crippen molar-refractivity contribution in [3.05, 3.63) is 71.4 Å². The molecule has 28 heavy (non-hydrogen) atoms. The van der Waals surface area contributed by atoms with Crippen LogP contribution in [0.5, 0.6) is 5.75 Å². The molecule has 1 aliphatic heterocycles. The van der Waals surface area contributed by atoms with Crippen molar-refractivity contribution in [3.63, 3.8) is 0 Å². The second kappa shape index (κ2) is 7.60. The molecule has 1 fully saturated rings. The normalized spacial score (nSPS) is 19.6. The standard InChI is InChI=1S/C23H24N2O3/c1-15-8-9-17(16(2)13-15)23(27)25-12-10-22(20(26)14-25)28-21-7-3-6-19-18(21)5-4-11-24-19/h3-9,11,13,20,22,26H,10,12,14H2,1-2H3/t20-,22-/m1/s1. The van der Waals surface area contributed by atoms with Gasteiger partial charge in [0.15, 0.2) is 0 Å². The van der Waals surface area contributed by atoms with Crippen LogP contribution in [-0.4, -0.2) is 46.2 Å². The first-order chi connectivity index (χ1) is 13.5. The third-order valence-electron chi connectivity index (χ3n) is 5.30. The van der Waals surface area contributed by atoms with Gasteiger partial charge in [0.1, 0.15) is 18.0 Å². The monoisotopic (exact) mass is 376 g/mol. The van der Waals surface area contributed by atoms with Gasteiger partial charge in [0.2, 0.25) is 0 Å². The van der Waals surface area contributed by atoms with E-state index in [1.807, 2.05) is 62.4 Å². The lowest BCUT2D eigenvalue weighted by Crippen LogP contribution is -2.51. The van der Waals surface area contributed by atoms with Crippen molar-refractivity contribution in [1.29, 1.82) is 0 Å². The number of hydrogen-bond acceptors (Lipinski definition) is 4. The number of amides is 1. The molecular weight excluding hydrogens is 352 g/mol. The second-order valence-corrected chi connectivity index (χ2v) is 7.41. The van der Waals surface area contributed by atoms with E-state index < -0.39 is 6.10 Å². The average molecular weight is 376 g/mol. The van der Waals surface area contributed by atoms with Gasteiger partial charge in [-0.05, 0) is 49.7 Å². The molecular formula is C23H24N2O3. The number of aliphatic hydroxyl groups excluding tert-OH is 1. The van der Waals surface area contributed by atoms with E-state index in [0.29, 0.717) is 24.3 Å². The summed E-state index contributed by atoms with van der Waals surface area (Å²) in [5, 5.41) is 11.6. The Labute approximate surface area is 164 Å². The summed E-state index contributed by atoms with van der Waals surface area (Å²) >= 11 is 0. The molecule has 2 aromatic carbocycles. The van der Waals surface area contributed by atoms with Crippen molar-refractivity contribution in [2.75, 3.05) is 13.1 Å². The second-order valence-electron chi connectivity index (χ2n) is 7.41. The smallest absolute Gasteiger partial charge is 0.254 e. The van der Waals surface area contributed by atoms with Crippen LogP contribution in [-0.2, 0) is 0 Å². The summed E-state index contributed by atoms with van der Waals surface area (Å²) in [5.41, 5.74) is 3.64. The summed E-state index contributed by atoms with van der Waals surface area (Å²) in [6, 6.07) is 15.4. The van der Waals surface area contributed by atoms with Crippen molar-refractivity contribution in [3.8, 4) is 5.75 Å². The molecule has 0 bridgehead atoms. The van der Waals surface area contributed by atoms with Gasteiger partial charge in [-0.3, -0.25) is 9.78 Å². The van der Waals surface area contributed by atoms with E-state index in [4.69, 9.17) is 4.74 Å². The molecule has 5 heteroatoms. The van der Waals surface area contributed by atoms with Gasteiger partial charge in [-0.1, -0.05) is 23.8 Å². The van der Waals surface area contributed by atoms with E-state index in [1.54, 1.807) is 11.1 Å². The van der Waals surface area contributed by atoms with E-state index in [1.165, 1.54) is 0 Å². The predicted molar refractivity (Wildman–Crippen MR) is 109 cm³/mol. The molecule has 1 N–H and O–H groups in total. The van der Waals surface area contributed by atoms with Crippen LogP contribution in [0.3, 0.4) is 0 Å². The van der Waals surface area contributed by atoms with E-state index in [2.05, 4.69) is 4.98 Å². The molecule has 0 saturated carbocycles. The van der Waals surface area contributed by atoms with Crippen molar-refractivity contribution in [1.82, 2.24) is 9.88 Å². The Bertz CT molecular complexity index is 1010. The highest BCUT2D eigenvalue weighted by Gasteiger charge is 2.32. The molecule has 0 spiro atoms. The number of nitrogens with zero attached hydrogens (tertiary/aromatic N) is 2. The van der Waals surface area contributed by atoms with Crippen LogP contribution in [0.4, 0.5) is 0 Å². The Balaban J connectivity index is 1.47. The number of ether oxygens (including phenoxy) is 1. The first-order valence-corrected chi connectivity index (χ1v) is 9.58. The summed E-state index contributed by atoms with van der Waals surface area (Å²) in [5.74, 6) is 0.674. The van der Waals surface area contributed by atoms with Crippen LogP contribution in [0, 0.1) is 13.8 Å². The minimum Gasteiger partial charge on any atom is -0.487 e. The number of aryl methyl sites for hydroxylation is 2. The molecule has 0 unspecified atom stereocenters. The van der Waals surface area contributed by atoms with Crippen LogP contribution < -0.4 is 4.74 Å². The summed E-state index contributed by atoms with van der Waals surface area (Å²) < 4.78 is 6.13. The molecule has 1 amide bonds. The van der Waals surface area contributed by atoms with Gasteiger partial charge in [0.25, 0.3) is 5.91 Å². The fourth-order valence-corrected chi connectivity index (χ4v) is 3.80. The number of carbonyl (C=O) groups is 1. The zero-order chi connectivity index (χ0) is 19.7. The zero-order valence-electron chi connectivity index (χ0n) is 16.1. The van der Waals surface area contributed by atoms with Crippen LogP contribution >= 0.6 is 0 Å². The fourth-order valence-electron chi connectivity index (χ4n) is 3.80. The predicted octanol–water partition coefficient (Wildman–Crippen LogP) is 3.51. The fraction of sp³-hybridized carbons (Fsp3) is 0.304. The third kappa shape index (κ3) is 3.58. The molecule has 2 heterocycles. The Morgan fingerprint density at radius 2 is 2.04 bits per heavy atom. The number of benzene rings is 2. The minimum absolute atomic E-state index is 0.0376. The first-order valence-electron chi connectivity index (χ1n) is 9.58. The summed E-state index contributed by atoms with van der Waals surface area (Å²) in [7, 11) is 0. The maximum absolute atomic E-state index is 12.9. The number of likely N-dealkylation sites (tertiary alicyclic amines) is 1. The van der Waals surface area contributed by atoms with Crippen LogP contribution in [0.1, 0.15) is 27.9 Å². The highest BCUT2D eigenvalue weighted by molar-refractivity contribution is 5.95. The van der Waals surface area contributed by atoms with E-state index >= 15 is 0 Å². The SMILES string of the molecule is Cc1ccc(C(=O)N2CC[C@@H](Oc3cccc4ncccc34)[C@H](O)C2)c(C)c1. The van der Waals surface area contributed by atoms with Gasteiger partial charge in [0, 0.05) is 30.1 Å². The number of fused-ring (bicyclic) bond motifs is 1. The van der Waals surface area contributed by atoms with Crippen molar-refractivity contribution in [2.45, 2.75) is 32.5 Å². The maximum atomic E-state index is 12.9. The number of hydrogen-bond donors (Lipinski definition) is 1. The largest absolute Gasteiger partial charge is 0.487 e. The van der Waals surface area contributed by atoms with Crippen LogP contribution in [0.15, 0.2) is 54.7 Å². The van der Waals surface area contributed by atoms with Crippen molar-refractivity contribution < 1.29 is 14.6 Å². The highest BCUT2D eigenvalue weighted by atomic mass is 16.5. The molecule has 5 nitrogen and oxygen atoms in total. The molecule has 0 radical (unpaired) electrons. The lowest BCUT2D eigenvalue weighted by atomic mass is 10.0. The van der Waals surface area contributed by atoms with Gasteiger partial charge in [-0.15, -0.1) is 0 Å². The maximum Gasteiger partial charge on any atom is 0.254 e. The van der Waals surface area contributed by atoms with Gasteiger partial charge in [0.05, 0.1) is 12.1 Å². The van der Waals surface area contributed by atoms with Crippen molar-refractivity contribution in [2.24, 2.45) is 0 Å². The van der Waals surface area contributed by atoms with Gasteiger partial charge < -0.3 is 14.7 Å². The number of aliphatic hydroxyl groups is 1. The Morgan fingerprint density at radius 1 is 1.18 bits per heavy atom. The quantitative estimate of drug-likeness (QED) is 0.760. The van der Waals surface area contributed by atoms with Gasteiger partial charge in [-0.2, -0.15) is 0 Å². The highest BCUT2D eigenvalue weighted by Crippen LogP contribution is 2.27. The molecule has 0 aliphatic carbocycles. The molecule has 1 saturated heterocycles. The zero-order valence-corrected chi connectivity index (χ0v) is 16.1. The topological polar surface area (TPSA) is 62.7 Å². The van der Waals surface area contributed by atoms with Gasteiger partial charge >= 0.3 is 0 Å². The molecule has 4 rings (SSSR count). The lowest BCUT2D eigenvalue weighted by Gasteiger charge is -2.36. The lowest BCUT2D eigenvalue weighted by molar-refractivity contribution is -0.0193. The Kier molecular flexibility index (Phi) is 5.01. The molecule has 1 aromatic heterocycles. The summed E-state index contributed by atoms with van der Waals surface area (Å²) in [4.78, 5) is 18.9. The van der Waals surface area contributed by atoms with E-state index in [-0.39, 0.29) is 18.6 Å². The van der Waals surface area contributed by atoms with Crippen LogP contribution in [0.2, 0.25) is 0 Å². The molecule has 1 aliphatic rings.